The van der Waals surface area contributed by atoms with Crippen LogP contribution in [0.4, 0.5) is 0 Å². The normalized spacial score (nSPS) is 25.2. The van der Waals surface area contributed by atoms with Crippen LogP contribution >= 0.6 is 0 Å². The molecule has 0 spiro atoms. The minimum atomic E-state index is 0.494. The van der Waals surface area contributed by atoms with Crippen LogP contribution in [0.2, 0.25) is 0 Å². The Hall–Kier alpha value is -0.500. The topological polar surface area (TPSA) is 12.5 Å². The highest BCUT2D eigenvalue weighted by Gasteiger charge is 2.21. The summed E-state index contributed by atoms with van der Waals surface area (Å²) in [5, 5.41) is 0. The summed E-state index contributed by atoms with van der Waals surface area (Å²) in [7, 11) is 0. The van der Waals surface area contributed by atoms with E-state index in [1.807, 2.05) is 0 Å². The predicted octanol–water partition coefficient (Wildman–Crippen LogP) is 1.88. The van der Waals surface area contributed by atoms with Gasteiger partial charge in [-0.2, -0.15) is 0 Å². The molecule has 1 aliphatic heterocycles. The van der Waals surface area contributed by atoms with Crippen molar-refractivity contribution in [2.75, 3.05) is 19.8 Å². The van der Waals surface area contributed by atoms with Gasteiger partial charge in [-0.15, -0.1) is 0 Å². The van der Waals surface area contributed by atoms with E-state index < -0.39 is 0 Å². The Morgan fingerprint density at radius 3 is 2.83 bits per heavy atom. The molecular formula is C10H19NO. The second-order valence-corrected chi connectivity index (χ2v) is 3.98. The van der Waals surface area contributed by atoms with Gasteiger partial charge in [0, 0.05) is 18.3 Å². The van der Waals surface area contributed by atoms with Crippen molar-refractivity contribution in [1.82, 2.24) is 4.90 Å². The Kier molecular flexibility index (Phi) is 3.15. The second kappa shape index (κ2) is 3.94. The maximum Gasteiger partial charge on any atom is 0.0859 e. The zero-order valence-corrected chi connectivity index (χ0v) is 8.34. The maximum atomic E-state index is 5.36. The van der Waals surface area contributed by atoms with E-state index in [-0.39, 0.29) is 0 Å². The Morgan fingerprint density at radius 1 is 1.67 bits per heavy atom. The molecule has 0 aliphatic carbocycles. The van der Waals surface area contributed by atoms with Crippen molar-refractivity contribution in [3.8, 4) is 0 Å². The van der Waals surface area contributed by atoms with Crippen LogP contribution in [0.15, 0.2) is 12.3 Å². The minimum Gasteiger partial charge on any atom is -0.373 e. The molecule has 1 fully saturated rings. The van der Waals surface area contributed by atoms with Gasteiger partial charge in [-0.25, -0.2) is 0 Å². The van der Waals surface area contributed by atoms with E-state index in [0.717, 1.165) is 18.8 Å². The fraction of sp³-hybridized carbons (Fsp3) is 0.800. The van der Waals surface area contributed by atoms with E-state index in [9.17, 15) is 0 Å². The van der Waals surface area contributed by atoms with Crippen molar-refractivity contribution in [2.45, 2.75) is 26.8 Å². The van der Waals surface area contributed by atoms with Crippen molar-refractivity contribution >= 4 is 0 Å². The van der Waals surface area contributed by atoms with E-state index in [4.69, 9.17) is 4.74 Å². The Labute approximate surface area is 75.2 Å². The molecule has 0 aromatic heterocycles. The van der Waals surface area contributed by atoms with Gasteiger partial charge in [0.2, 0.25) is 0 Å². The number of hydrogen-bond acceptors (Lipinski definition) is 2. The summed E-state index contributed by atoms with van der Waals surface area (Å²) in [4.78, 5) is 2.36. The van der Waals surface area contributed by atoms with Gasteiger partial charge in [-0.1, -0.05) is 20.4 Å². The van der Waals surface area contributed by atoms with Crippen molar-refractivity contribution < 1.29 is 4.74 Å². The summed E-state index contributed by atoms with van der Waals surface area (Å²) in [6.45, 7) is 13.3. The average Bonchev–Trinajstić information content (AvgIpc) is 1.97. The van der Waals surface area contributed by atoms with E-state index >= 15 is 0 Å². The van der Waals surface area contributed by atoms with Crippen LogP contribution in [0.1, 0.15) is 20.8 Å². The van der Waals surface area contributed by atoms with Crippen molar-refractivity contribution in [2.24, 2.45) is 5.92 Å². The van der Waals surface area contributed by atoms with Gasteiger partial charge >= 0.3 is 0 Å². The molecule has 1 rings (SSSR count). The lowest BCUT2D eigenvalue weighted by atomic mass is 10.1. The summed E-state index contributed by atoms with van der Waals surface area (Å²) in [6.07, 6.45) is 0. The average molecular weight is 169 g/mol. The lowest BCUT2D eigenvalue weighted by molar-refractivity contribution is 0.0305. The highest BCUT2D eigenvalue weighted by molar-refractivity contribution is 4.99. The first-order valence-electron chi connectivity index (χ1n) is 4.63. The molecule has 0 unspecified atom stereocenters. The van der Waals surface area contributed by atoms with Gasteiger partial charge in [0.25, 0.3) is 0 Å². The molecule has 1 heterocycles. The van der Waals surface area contributed by atoms with E-state index in [1.54, 1.807) is 0 Å². The zero-order valence-electron chi connectivity index (χ0n) is 8.34. The molecule has 70 valence electrons. The Bertz CT molecular complexity index is 165. The van der Waals surface area contributed by atoms with Gasteiger partial charge < -0.3 is 9.64 Å². The standard InChI is InChI=1S/C10H19NO/c1-8(2)5-11-9(3)6-12-7-10(11)4/h8,10H,3,5-7H2,1-2,4H3/t10-/m0/s1. The van der Waals surface area contributed by atoms with E-state index in [1.165, 1.54) is 0 Å². The number of rotatable bonds is 2. The van der Waals surface area contributed by atoms with Gasteiger partial charge in [-0.05, 0) is 12.8 Å². The molecule has 1 saturated heterocycles. The molecule has 2 heteroatoms. The van der Waals surface area contributed by atoms with Gasteiger partial charge in [-0.3, -0.25) is 0 Å². The molecule has 0 radical (unpaired) electrons. The summed E-state index contributed by atoms with van der Waals surface area (Å²) in [6, 6.07) is 0.494. The van der Waals surface area contributed by atoms with E-state index in [0.29, 0.717) is 18.6 Å². The van der Waals surface area contributed by atoms with Crippen molar-refractivity contribution in [1.29, 1.82) is 0 Å². The predicted molar refractivity (Wildman–Crippen MR) is 51.0 cm³/mol. The summed E-state index contributed by atoms with van der Waals surface area (Å²) >= 11 is 0. The summed E-state index contributed by atoms with van der Waals surface area (Å²) < 4.78 is 5.36. The minimum absolute atomic E-state index is 0.494. The number of hydrogen-bond donors (Lipinski definition) is 0. The van der Waals surface area contributed by atoms with Crippen LogP contribution in [0.25, 0.3) is 0 Å². The maximum absolute atomic E-state index is 5.36. The first-order chi connectivity index (χ1) is 5.61. The third kappa shape index (κ3) is 2.24. The number of morpholine rings is 1. The molecule has 2 nitrogen and oxygen atoms in total. The van der Waals surface area contributed by atoms with Gasteiger partial charge in [0.15, 0.2) is 0 Å². The highest BCUT2D eigenvalue weighted by atomic mass is 16.5. The molecule has 0 bridgehead atoms. The first kappa shape index (κ1) is 9.59. The molecule has 0 aromatic rings. The Balaban J connectivity index is 2.51. The highest BCUT2D eigenvalue weighted by Crippen LogP contribution is 2.16. The molecule has 1 atom stereocenters. The smallest absolute Gasteiger partial charge is 0.0859 e. The van der Waals surface area contributed by atoms with Crippen molar-refractivity contribution in [3.63, 3.8) is 0 Å². The second-order valence-electron chi connectivity index (χ2n) is 3.98. The van der Waals surface area contributed by atoms with Crippen LogP contribution in [0.5, 0.6) is 0 Å². The number of ether oxygens (including phenoxy) is 1. The molecule has 1 aliphatic rings. The number of nitrogens with zero attached hydrogens (tertiary/aromatic N) is 1. The van der Waals surface area contributed by atoms with Gasteiger partial charge in [0.1, 0.15) is 0 Å². The third-order valence-electron chi connectivity index (χ3n) is 2.13. The Morgan fingerprint density at radius 2 is 2.33 bits per heavy atom. The summed E-state index contributed by atoms with van der Waals surface area (Å²) in [5.41, 5.74) is 1.13. The third-order valence-corrected chi connectivity index (χ3v) is 2.13. The zero-order chi connectivity index (χ0) is 9.14. The van der Waals surface area contributed by atoms with Crippen LogP contribution in [0.3, 0.4) is 0 Å². The van der Waals surface area contributed by atoms with Crippen LogP contribution < -0.4 is 0 Å². The summed E-state index contributed by atoms with van der Waals surface area (Å²) in [5.74, 6) is 0.697. The van der Waals surface area contributed by atoms with Crippen molar-refractivity contribution in [3.05, 3.63) is 12.3 Å². The molecule has 0 amide bonds. The molecule has 0 saturated carbocycles. The quantitative estimate of drug-likeness (QED) is 0.626. The monoisotopic (exact) mass is 169 g/mol. The fourth-order valence-electron chi connectivity index (χ4n) is 1.53. The molecule has 0 N–H and O–H groups in total. The molecule has 0 aromatic carbocycles. The lowest BCUT2D eigenvalue weighted by Crippen LogP contribution is -2.43. The van der Waals surface area contributed by atoms with Crippen LogP contribution in [-0.2, 0) is 4.74 Å². The van der Waals surface area contributed by atoms with Crippen LogP contribution in [-0.4, -0.2) is 30.7 Å². The SMILES string of the molecule is C=C1COC[C@H](C)N1CC(C)C. The fourth-order valence-corrected chi connectivity index (χ4v) is 1.53. The van der Waals surface area contributed by atoms with E-state index in [2.05, 4.69) is 32.3 Å². The largest absolute Gasteiger partial charge is 0.373 e. The van der Waals surface area contributed by atoms with Gasteiger partial charge in [0.05, 0.1) is 13.2 Å². The first-order valence-corrected chi connectivity index (χ1v) is 4.63. The van der Waals surface area contributed by atoms with Crippen LogP contribution in [0, 0.1) is 5.92 Å². The molecular weight excluding hydrogens is 150 g/mol. The lowest BCUT2D eigenvalue weighted by Gasteiger charge is -2.38. The molecule has 12 heavy (non-hydrogen) atoms.